The molecule has 0 aliphatic carbocycles. The zero-order valence-corrected chi connectivity index (χ0v) is 16.7. The monoisotopic (exact) mass is 403 g/mol. The molecule has 0 saturated carbocycles. The van der Waals surface area contributed by atoms with E-state index < -0.39 is 0 Å². The van der Waals surface area contributed by atoms with E-state index in [1.54, 1.807) is 16.9 Å². The Hall–Kier alpha value is -3.60. The second kappa shape index (κ2) is 8.82. The van der Waals surface area contributed by atoms with Gasteiger partial charge in [0.25, 0.3) is 0 Å². The smallest absolute Gasteiger partial charge is 0.305 e. The van der Waals surface area contributed by atoms with Crippen molar-refractivity contribution in [3.05, 3.63) is 95.8 Å². The maximum Gasteiger partial charge on any atom is 0.305 e. The average Bonchev–Trinajstić information content (AvgIpc) is 3.10. The first-order valence-electron chi connectivity index (χ1n) is 9.79. The molecule has 0 aliphatic heterocycles. The number of esters is 1. The topological polar surface area (TPSA) is 40.5 Å². The minimum Gasteiger partial charge on any atom is -0.469 e. The summed E-state index contributed by atoms with van der Waals surface area (Å²) in [4.78, 5) is 18.1. The number of ether oxygens (including phenoxy) is 1. The van der Waals surface area contributed by atoms with Crippen LogP contribution in [0.15, 0.2) is 78.9 Å². The lowest BCUT2D eigenvalue weighted by molar-refractivity contribution is -0.140. The molecule has 0 saturated heterocycles. The van der Waals surface area contributed by atoms with E-state index in [0.717, 1.165) is 33.3 Å². The number of aryl methyl sites for hydroxylation is 1. The van der Waals surface area contributed by atoms with Crippen LogP contribution in [0.1, 0.15) is 17.5 Å². The number of hydrogen-bond acceptors (Lipinski definition) is 3. The number of methoxy groups -OCH3 is 1. The van der Waals surface area contributed by atoms with Gasteiger partial charge in [0.2, 0.25) is 0 Å². The van der Waals surface area contributed by atoms with Gasteiger partial charge in [0, 0.05) is 17.4 Å². The van der Waals surface area contributed by atoms with Crippen LogP contribution in [0.2, 0.25) is 0 Å². The van der Waals surface area contributed by atoms with Crippen molar-refractivity contribution in [2.75, 3.05) is 7.11 Å². The van der Waals surface area contributed by atoms with E-state index in [9.17, 15) is 9.18 Å². The second-order valence-electron chi connectivity index (χ2n) is 6.98. The summed E-state index contributed by atoms with van der Waals surface area (Å²) in [5.41, 5.74) is 4.54. The van der Waals surface area contributed by atoms with Crippen LogP contribution in [-0.4, -0.2) is 17.8 Å². The molecule has 30 heavy (non-hydrogen) atoms. The predicted octanol–water partition coefficient (Wildman–Crippen LogP) is 5.18. The van der Waals surface area contributed by atoms with Crippen LogP contribution in [0.5, 0.6) is 0 Å². The van der Waals surface area contributed by atoms with Gasteiger partial charge in [0.15, 0.2) is 0 Å². The van der Waals surface area contributed by atoms with Crippen molar-refractivity contribution in [2.24, 2.45) is 0 Å². The van der Waals surface area contributed by atoms with Crippen molar-refractivity contribution in [1.29, 1.82) is 0 Å². The SMILES string of the molecule is COC(=O)CCc1c(-c2ccc(F)cc2)n(OCc2ccccc2)c2ccccc12. The Bertz CT molecular complexity index is 1150. The van der Waals surface area contributed by atoms with E-state index in [2.05, 4.69) is 0 Å². The summed E-state index contributed by atoms with van der Waals surface area (Å²) >= 11 is 0. The molecule has 5 heteroatoms. The van der Waals surface area contributed by atoms with Crippen LogP contribution in [0.3, 0.4) is 0 Å². The Balaban J connectivity index is 1.83. The van der Waals surface area contributed by atoms with Gasteiger partial charge in [0.1, 0.15) is 12.4 Å². The molecular formula is C25H22FNO3. The Labute approximate surface area is 174 Å². The molecule has 0 N–H and O–H groups in total. The normalized spacial score (nSPS) is 10.9. The summed E-state index contributed by atoms with van der Waals surface area (Å²) < 4.78 is 20.2. The van der Waals surface area contributed by atoms with Crippen LogP contribution in [0.4, 0.5) is 4.39 Å². The molecule has 0 fully saturated rings. The van der Waals surface area contributed by atoms with Gasteiger partial charge in [-0.2, -0.15) is 4.73 Å². The number of carbonyl (C=O) groups excluding carboxylic acids is 1. The number of benzene rings is 3. The van der Waals surface area contributed by atoms with Gasteiger partial charge >= 0.3 is 5.97 Å². The van der Waals surface area contributed by atoms with E-state index in [4.69, 9.17) is 9.57 Å². The molecule has 0 radical (unpaired) electrons. The maximum absolute atomic E-state index is 13.6. The van der Waals surface area contributed by atoms with E-state index in [1.165, 1.54) is 19.2 Å². The van der Waals surface area contributed by atoms with Gasteiger partial charge in [-0.1, -0.05) is 48.5 Å². The van der Waals surface area contributed by atoms with Crippen LogP contribution in [-0.2, 0) is 22.6 Å². The first-order valence-corrected chi connectivity index (χ1v) is 9.79. The first-order chi connectivity index (χ1) is 14.7. The zero-order valence-electron chi connectivity index (χ0n) is 16.7. The Morgan fingerprint density at radius 2 is 1.63 bits per heavy atom. The number of aromatic nitrogens is 1. The lowest BCUT2D eigenvalue weighted by atomic mass is 10.0. The third kappa shape index (κ3) is 4.06. The number of rotatable bonds is 7. The van der Waals surface area contributed by atoms with E-state index >= 15 is 0 Å². The van der Waals surface area contributed by atoms with Gasteiger partial charge in [-0.3, -0.25) is 4.79 Å². The summed E-state index contributed by atoms with van der Waals surface area (Å²) in [6.07, 6.45) is 0.735. The fourth-order valence-corrected chi connectivity index (χ4v) is 3.61. The summed E-state index contributed by atoms with van der Waals surface area (Å²) in [5.74, 6) is -0.579. The molecule has 0 unspecified atom stereocenters. The first kappa shape index (κ1) is 19.7. The number of fused-ring (bicyclic) bond motifs is 1. The molecule has 0 bridgehead atoms. The molecule has 0 spiro atoms. The number of para-hydroxylation sites is 1. The van der Waals surface area contributed by atoms with Gasteiger partial charge in [0.05, 0.1) is 18.3 Å². The van der Waals surface area contributed by atoms with Crippen LogP contribution < -0.4 is 4.84 Å². The lowest BCUT2D eigenvalue weighted by Crippen LogP contribution is -2.13. The zero-order chi connectivity index (χ0) is 20.9. The van der Waals surface area contributed by atoms with Gasteiger partial charge in [-0.15, -0.1) is 0 Å². The van der Waals surface area contributed by atoms with Crippen molar-refractivity contribution in [2.45, 2.75) is 19.4 Å². The van der Waals surface area contributed by atoms with Crippen molar-refractivity contribution in [3.8, 4) is 11.3 Å². The molecule has 0 atom stereocenters. The number of halogens is 1. The lowest BCUT2D eigenvalue weighted by Gasteiger charge is -2.14. The molecule has 152 valence electrons. The van der Waals surface area contributed by atoms with Crippen molar-refractivity contribution in [3.63, 3.8) is 0 Å². The maximum atomic E-state index is 13.6. The Kier molecular flexibility index (Phi) is 5.80. The number of hydrogen-bond donors (Lipinski definition) is 0. The fraction of sp³-hybridized carbons (Fsp3) is 0.160. The Morgan fingerprint density at radius 1 is 0.933 bits per heavy atom. The van der Waals surface area contributed by atoms with E-state index in [1.807, 2.05) is 54.6 Å². The Morgan fingerprint density at radius 3 is 2.37 bits per heavy atom. The molecule has 1 aromatic heterocycles. The molecule has 4 aromatic rings. The minimum atomic E-state index is -0.303. The summed E-state index contributed by atoms with van der Waals surface area (Å²) in [6.45, 7) is 0.379. The molecule has 4 rings (SSSR count). The van der Waals surface area contributed by atoms with Crippen molar-refractivity contribution >= 4 is 16.9 Å². The van der Waals surface area contributed by atoms with E-state index in [-0.39, 0.29) is 18.2 Å². The molecule has 0 amide bonds. The highest BCUT2D eigenvalue weighted by atomic mass is 19.1. The highest BCUT2D eigenvalue weighted by Crippen LogP contribution is 2.34. The van der Waals surface area contributed by atoms with Crippen molar-refractivity contribution in [1.82, 2.24) is 4.73 Å². The quantitative estimate of drug-likeness (QED) is 0.399. The largest absolute Gasteiger partial charge is 0.469 e. The van der Waals surface area contributed by atoms with Crippen LogP contribution >= 0.6 is 0 Å². The molecule has 0 aliphatic rings. The van der Waals surface area contributed by atoms with Crippen LogP contribution in [0, 0.1) is 5.82 Å². The van der Waals surface area contributed by atoms with Crippen molar-refractivity contribution < 1.29 is 18.8 Å². The van der Waals surface area contributed by atoms with E-state index in [0.29, 0.717) is 13.0 Å². The summed E-state index contributed by atoms with van der Waals surface area (Å²) in [7, 11) is 1.38. The number of carbonyl (C=O) groups is 1. The molecule has 4 nitrogen and oxygen atoms in total. The second-order valence-corrected chi connectivity index (χ2v) is 6.98. The predicted molar refractivity (Wildman–Crippen MR) is 114 cm³/mol. The van der Waals surface area contributed by atoms with Gasteiger partial charge in [-0.05, 0) is 47.9 Å². The number of nitrogens with zero attached hydrogens (tertiary/aromatic N) is 1. The fourth-order valence-electron chi connectivity index (χ4n) is 3.61. The van der Waals surface area contributed by atoms with Gasteiger partial charge < -0.3 is 9.57 Å². The summed E-state index contributed by atoms with van der Waals surface area (Å²) in [6, 6.07) is 24.1. The average molecular weight is 403 g/mol. The minimum absolute atomic E-state index is 0.247. The molecular weight excluding hydrogens is 381 g/mol. The van der Waals surface area contributed by atoms with Crippen LogP contribution in [0.25, 0.3) is 22.2 Å². The third-order valence-corrected chi connectivity index (χ3v) is 5.06. The molecule has 3 aromatic carbocycles. The highest BCUT2D eigenvalue weighted by Gasteiger charge is 2.20. The third-order valence-electron chi connectivity index (χ3n) is 5.06. The standard InChI is InChI=1S/C25H22FNO3/c1-29-24(28)16-15-22-21-9-5-6-10-23(21)27(30-17-18-7-3-2-4-8-18)25(22)19-11-13-20(26)14-12-19/h2-14H,15-17H2,1H3. The highest BCUT2D eigenvalue weighted by molar-refractivity contribution is 5.92. The summed E-state index contributed by atoms with van der Waals surface area (Å²) in [5, 5.41) is 0.994. The molecule has 1 heterocycles. The van der Waals surface area contributed by atoms with Gasteiger partial charge in [-0.25, -0.2) is 4.39 Å².